The van der Waals surface area contributed by atoms with Crippen molar-refractivity contribution in [2.45, 2.75) is 6.92 Å². The first kappa shape index (κ1) is 13.1. The van der Waals surface area contributed by atoms with Gasteiger partial charge in [-0.2, -0.15) is 5.26 Å². The fraction of sp³-hybridized carbons (Fsp3) is 0.111. The second-order valence-electron chi connectivity index (χ2n) is 5.11. The summed E-state index contributed by atoms with van der Waals surface area (Å²) in [5.74, 6) is 0. The van der Waals surface area contributed by atoms with Gasteiger partial charge in [-0.25, -0.2) is 0 Å². The summed E-state index contributed by atoms with van der Waals surface area (Å²) in [5.41, 5.74) is 5.22. The van der Waals surface area contributed by atoms with Crippen molar-refractivity contribution in [2.75, 3.05) is 0 Å². The van der Waals surface area contributed by atoms with Crippen LogP contribution in [0, 0.1) is 18.3 Å². The summed E-state index contributed by atoms with van der Waals surface area (Å²) >= 11 is 0. The van der Waals surface area contributed by atoms with Crippen molar-refractivity contribution in [3.8, 4) is 22.9 Å². The van der Waals surface area contributed by atoms with Gasteiger partial charge in [-0.1, -0.05) is 30.3 Å². The van der Waals surface area contributed by atoms with Gasteiger partial charge in [-0.15, -0.1) is 9.36 Å². The van der Waals surface area contributed by atoms with Gasteiger partial charge in [0.15, 0.2) is 7.05 Å². The first-order valence-corrected chi connectivity index (χ1v) is 6.84. The van der Waals surface area contributed by atoms with E-state index in [0.29, 0.717) is 5.56 Å². The molecule has 0 saturated heterocycles. The number of aromatic nitrogens is 2. The van der Waals surface area contributed by atoms with Crippen LogP contribution in [0.2, 0.25) is 0 Å². The van der Waals surface area contributed by atoms with E-state index in [1.54, 1.807) is 0 Å². The van der Waals surface area contributed by atoms with Crippen molar-refractivity contribution < 1.29 is 4.68 Å². The smallest absolute Gasteiger partial charge is 0.192 e. The molecule has 0 unspecified atom stereocenters. The molecule has 102 valence electrons. The first-order chi connectivity index (χ1) is 10.2. The molecule has 0 radical (unpaired) electrons. The van der Waals surface area contributed by atoms with Crippen molar-refractivity contribution in [1.82, 2.24) is 4.68 Å². The molecule has 0 aliphatic carbocycles. The van der Waals surface area contributed by atoms with Crippen molar-refractivity contribution >= 4 is 0 Å². The number of hydrogen-bond acceptors (Lipinski definition) is 1. The number of nitrogens with zero attached hydrogens (tertiary/aromatic N) is 3. The zero-order valence-electron chi connectivity index (χ0n) is 12.1. The van der Waals surface area contributed by atoms with E-state index in [1.165, 1.54) is 11.1 Å². The Balaban J connectivity index is 2.09. The highest BCUT2D eigenvalue weighted by atomic mass is 15.4. The van der Waals surface area contributed by atoms with Gasteiger partial charge in [-0.3, -0.25) is 0 Å². The van der Waals surface area contributed by atoms with Crippen LogP contribution in [0.25, 0.3) is 16.8 Å². The van der Waals surface area contributed by atoms with E-state index >= 15 is 0 Å². The molecule has 3 nitrogen and oxygen atoms in total. The van der Waals surface area contributed by atoms with Crippen LogP contribution in [0.3, 0.4) is 0 Å². The molecule has 2 aromatic carbocycles. The minimum atomic E-state index is 0.689. The van der Waals surface area contributed by atoms with Gasteiger partial charge in [-0.05, 0) is 36.2 Å². The van der Waals surface area contributed by atoms with Gasteiger partial charge >= 0.3 is 0 Å². The maximum absolute atomic E-state index is 8.97. The summed E-state index contributed by atoms with van der Waals surface area (Å²) in [6.45, 7) is 2.03. The Morgan fingerprint density at radius 3 is 2.48 bits per heavy atom. The highest BCUT2D eigenvalue weighted by Crippen LogP contribution is 2.20. The lowest BCUT2D eigenvalue weighted by atomic mass is 10.1. The van der Waals surface area contributed by atoms with Crippen LogP contribution in [-0.4, -0.2) is 4.68 Å². The van der Waals surface area contributed by atoms with E-state index in [-0.39, 0.29) is 0 Å². The summed E-state index contributed by atoms with van der Waals surface area (Å²) in [7, 11) is 2.02. The molecule has 0 spiro atoms. The number of rotatable bonds is 2. The summed E-state index contributed by atoms with van der Waals surface area (Å²) < 4.78 is 4.15. The van der Waals surface area contributed by atoms with E-state index < -0.39 is 0 Å². The number of benzene rings is 2. The van der Waals surface area contributed by atoms with Crippen molar-refractivity contribution in [2.24, 2.45) is 7.05 Å². The SMILES string of the molecule is Cc1cc(C#N)ccc1-n1cc(-c2ccccc2)c[n+]1C. The Kier molecular flexibility index (Phi) is 3.29. The zero-order chi connectivity index (χ0) is 14.8. The quantitative estimate of drug-likeness (QED) is 0.661. The van der Waals surface area contributed by atoms with Crippen LogP contribution >= 0.6 is 0 Å². The molecule has 0 saturated carbocycles. The highest BCUT2D eigenvalue weighted by molar-refractivity contribution is 5.61. The van der Waals surface area contributed by atoms with Crippen LogP contribution in [0.4, 0.5) is 0 Å². The van der Waals surface area contributed by atoms with E-state index in [2.05, 4.69) is 40.0 Å². The number of nitriles is 1. The Bertz CT molecular complexity index is 823. The molecule has 1 heterocycles. The monoisotopic (exact) mass is 274 g/mol. The predicted molar refractivity (Wildman–Crippen MR) is 81.8 cm³/mol. The van der Waals surface area contributed by atoms with E-state index in [0.717, 1.165) is 11.3 Å². The van der Waals surface area contributed by atoms with Gasteiger partial charge in [0.1, 0.15) is 5.69 Å². The maximum Gasteiger partial charge on any atom is 0.203 e. The molecule has 0 atom stereocenters. The van der Waals surface area contributed by atoms with Crippen LogP contribution in [0.1, 0.15) is 11.1 Å². The zero-order valence-corrected chi connectivity index (χ0v) is 12.1. The molecule has 3 heteroatoms. The molecular formula is C18H16N3+. The molecule has 21 heavy (non-hydrogen) atoms. The fourth-order valence-electron chi connectivity index (χ4n) is 2.52. The Morgan fingerprint density at radius 1 is 1.05 bits per heavy atom. The molecule has 0 fully saturated rings. The molecule has 0 amide bonds. The largest absolute Gasteiger partial charge is 0.203 e. The van der Waals surface area contributed by atoms with E-state index in [1.807, 2.05) is 50.4 Å². The maximum atomic E-state index is 8.97. The molecule has 0 N–H and O–H groups in total. The number of aryl methyl sites for hydroxylation is 2. The lowest BCUT2D eigenvalue weighted by molar-refractivity contribution is -0.744. The summed E-state index contributed by atoms with van der Waals surface area (Å²) in [6.07, 6.45) is 4.22. The molecule has 3 aromatic rings. The molecule has 0 aliphatic rings. The van der Waals surface area contributed by atoms with Crippen LogP contribution < -0.4 is 4.68 Å². The predicted octanol–water partition coefficient (Wildman–Crippen LogP) is 3.15. The molecule has 0 aliphatic heterocycles. The third kappa shape index (κ3) is 2.44. The van der Waals surface area contributed by atoms with E-state index in [9.17, 15) is 0 Å². The van der Waals surface area contributed by atoms with Gasteiger partial charge in [0.25, 0.3) is 0 Å². The average molecular weight is 274 g/mol. The van der Waals surface area contributed by atoms with Crippen molar-refractivity contribution in [3.63, 3.8) is 0 Å². The summed E-state index contributed by atoms with van der Waals surface area (Å²) in [6, 6.07) is 18.2. The Labute approximate surface area is 124 Å². The normalized spacial score (nSPS) is 10.3. The Hall–Kier alpha value is -2.86. The van der Waals surface area contributed by atoms with E-state index in [4.69, 9.17) is 5.26 Å². The van der Waals surface area contributed by atoms with Crippen LogP contribution in [0.5, 0.6) is 0 Å². The second kappa shape index (κ2) is 5.26. The lowest BCUT2D eigenvalue weighted by Gasteiger charge is -2.04. The minimum Gasteiger partial charge on any atom is -0.192 e. The molecule has 1 aromatic heterocycles. The van der Waals surface area contributed by atoms with Crippen LogP contribution in [0.15, 0.2) is 60.9 Å². The summed E-state index contributed by atoms with van der Waals surface area (Å²) in [4.78, 5) is 0. The molecular weight excluding hydrogens is 258 g/mol. The van der Waals surface area contributed by atoms with Crippen LogP contribution in [-0.2, 0) is 7.05 Å². The average Bonchev–Trinajstić information content (AvgIpc) is 2.90. The standard InChI is InChI=1S/C18H16N3/c1-14-10-15(11-19)8-9-18(14)21-13-17(12-20(21)2)16-6-4-3-5-7-16/h3-10,12-13H,1-2H3/q+1. The highest BCUT2D eigenvalue weighted by Gasteiger charge is 2.14. The second-order valence-corrected chi connectivity index (χ2v) is 5.11. The van der Waals surface area contributed by atoms with Gasteiger partial charge in [0.2, 0.25) is 6.20 Å². The fourth-order valence-corrected chi connectivity index (χ4v) is 2.52. The molecule has 3 rings (SSSR count). The van der Waals surface area contributed by atoms with Gasteiger partial charge in [0, 0.05) is 0 Å². The van der Waals surface area contributed by atoms with Gasteiger partial charge in [0.05, 0.1) is 23.4 Å². The third-order valence-electron chi connectivity index (χ3n) is 3.61. The number of hydrogen-bond donors (Lipinski definition) is 0. The van der Waals surface area contributed by atoms with Crippen molar-refractivity contribution in [1.29, 1.82) is 5.26 Å². The topological polar surface area (TPSA) is 32.6 Å². The molecule has 0 bridgehead atoms. The first-order valence-electron chi connectivity index (χ1n) is 6.84. The summed E-state index contributed by atoms with van der Waals surface area (Å²) in [5, 5.41) is 8.97. The lowest BCUT2D eigenvalue weighted by Crippen LogP contribution is -2.37. The minimum absolute atomic E-state index is 0.689. The van der Waals surface area contributed by atoms with Gasteiger partial charge < -0.3 is 0 Å². The third-order valence-corrected chi connectivity index (χ3v) is 3.61. The Morgan fingerprint density at radius 2 is 1.81 bits per heavy atom. The van der Waals surface area contributed by atoms with Crippen molar-refractivity contribution in [3.05, 3.63) is 72.1 Å².